The SMILES string of the molecule is CNCC1C(=O)NCCC(C)N1c1ccc(F)cc1. The Morgan fingerprint density at radius 1 is 1.42 bits per heavy atom. The smallest absolute Gasteiger partial charge is 0.244 e. The minimum absolute atomic E-state index is 0.0167. The number of amides is 1. The van der Waals surface area contributed by atoms with Crippen LogP contribution in [0, 0.1) is 5.82 Å². The second-order valence-corrected chi connectivity index (χ2v) is 4.89. The maximum Gasteiger partial charge on any atom is 0.244 e. The summed E-state index contributed by atoms with van der Waals surface area (Å²) in [7, 11) is 1.83. The van der Waals surface area contributed by atoms with Crippen LogP contribution in [0.5, 0.6) is 0 Å². The topological polar surface area (TPSA) is 44.4 Å². The van der Waals surface area contributed by atoms with Gasteiger partial charge in [-0.2, -0.15) is 0 Å². The molecule has 0 bridgehead atoms. The van der Waals surface area contributed by atoms with Gasteiger partial charge in [0.25, 0.3) is 0 Å². The third-order valence-corrected chi connectivity index (χ3v) is 3.50. The molecule has 0 spiro atoms. The molecule has 0 saturated carbocycles. The highest BCUT2D eigenvalue weighted by Crippen LogP contribution is 2.23. The molecule has 0 radical (unpaired) electrons. The number of rotatable bonds is 3. The predicted molar refractivity (Wildman–Crippen MR) is 73.7 cm³/mol. The summed E-state index contributed by atoms with van der Waals surface area (Å²) in [6.07, 6.45) is 0.878. The molecule has 2 atom stereocenters. The minimum Gasteiger partial charge on any atom is -0.356 e. The molecule has 104 valence electrons. The van der Waals surface area contributed by atoms with Gasteiger partial charge in [-0.25, -0.2) is 4.39 Å². The predicted octanol–water partition coefficient (Wildman–Crippen LogP) is 1.13. The first-order valence-electron chi connectivity index (χ1n) is 6.59. The van der Waals surface area contributed by atoms with Crippen LogP contribution >= 0.6 is 0 Å². The van der Waals surface area contributed by atoms with Crippen molar-refractivity contribution in [3.8, 4) is 0 Å². The highest BCUT2D eigenvalue weighted by molar-refractivity contribution is 5.86. The van der Waals surface area contributed by atoms with Crippen LogP contribution in [0.1, 0.15) is 13.3 Å². The van der Waals surface area contributed by atoms with E-state index < -0.39 is 0 Å². The van der Waals surface area contributed by atoms with Gasteiger partial charge in [-0.05, 0) is 44.7 Å². The van der Waals surface area contributed by atoms with E-state index in [-0.39, 0.29) is 23.8 Å². The molecule has 2 unspecified atom stereocenters. The van der Waals surface area contributed by atoms with Gasteiger partial charge in [0.1, 0.15) is 11.9 Å². The first-order valence-corrected chi connectivity index (χ1v) is 6.59. The lowest BCUT2D eigenvalue weighted by atomic mass is 10.1. The van der Waals surface area contributed by atoms with Gasteiger partial charge in [-0.15, -0.1) is 0 Å². The number of hydrogen-bond donors (Lipinski definition) is 2. The van der Waals surface area contributed by atoms with Crippen molar-refractivity contribution in [3.63, 3.8) is 0 Å². The second-order valence-electron chi connectivity index (χ2n) is 4.89. The largest absolute Gasteiger partial charge is 0.356 e. The Balaban J connectivity index is 2.34. The van der Waals surface area contributed by atoms with Gasteiger partial charge < -0.3 is 15.5 Å². The number of benzene rings is 1. The summed E-state index contributed by atoms with van der Waals surface area (Å²) >= 11 is 0. The van der Waals surface area contributed by atoms with Crippen molar-refractivity contribution >= 4 is 11.6 Å². The summed E-state index contributed by atoms with van der Waals surface area (Å²) < 4.78 is 13.0. The van der Waals surface area contributed by atoms with Crippen LogP contribution < -0.4 is 15.5 Å². The number of nitrogens with zero attached hydrogens (tertiary/aromatic N) is 1. The minimum atomic E-state index is -0.270. The molecule has 19 heavy (non-hydrogen) atoms. The third-order valence-electron chi connectivity index (χ3n) is 3.50. The summed E-state index contributed by atoms with van der Waals surface area (Å²) in [6, 6.07) is 6.28. The highest BCUT2D eigenvalue weighted by Gasteiger charge is 2.31. The summed E-state index contributed by atoms with van der Waals surface area (Å²) in [6.45, 7) is 3.33. The van der Waals surface area contributed by atoms with Gasteiger partial charge in [-0.1, -0.05) is 0 Å². The van der Waals surface area contributed by atoms with E-state index in [9.17, 15) is 9.18 Å². The first-order chi connectivity index (χ1) is 9.13. The fourth-order valence-electron chi connectivity index (χ4n) is 2.53. The van der Waals surface area contributed by atoms with Crippen LogP contribution in [-0.4, -0.2) is 38.1 Å². The van der Waals surface area contributed by atoms with E-state index in [1.165, 1.54) is 12.1 Å². The molecule has 1 saturated heterocycles. The van der Waals surface area contributed by atoms with E-state index in [2.05, 4.69) is 22.5 Å². The standard InChI is InChI=1S/C14H20FN3O/c1-10-7-8-17-14(19)13(9-16-2)18(10)12-5-3-11(15)4-6-12/h3-6,10,13,16H,7-9H2,1-2H3,(H,17,19). The number of carbonyl (C=O) groups excluding carboxylic acids is 1. The Morgan fingerprint density at radius 3 is 2.74 bits per heavy atom. The van der Waals surface area contributed by atoms with Gasteiger partial charge >= 0.3 is 0 Å². The second kappa shape index (κ2) is 6.02. The fraction of sp³-hybridized carbons (Fsp3) is 0.500. The highest BCUT2D eigenvalue weighted by atomic mass is 19.1. The molecule has 0 aliphatic carbocycles. The van der Waals surface area contributed by atoms with E-state index in [1.54, 1.807) is 12.1 Å². The number of likely N-dealkylation sites (N-methyl/N-ethyl adjacent to an activating group) is 1. The van der Waals surface area contributed by atoms with Crippen molar-refractivity contribution in [2.75, 3.05) is 25.0 Å². The van der Waals surface area contributed by atoms with Crippen LogP contribution in [0.2, 0.25) is 0 Å². The Bertz CT molecular complexity index is 435. The van der Waals surface area contributed by atoms with Crippen LogP contribution in [0.25, 0.3) is 0 Å². The van der Waals surface area contributed by atoms with Crippen LogP contribution in [0.15, 0.2) is 24.3 Å². The monoisotopic (exact) mass is 265 g/mol. The average Bonchev–Trinajstić information content (AvgIpc) is 2.52. The van der Waals surface area contributed by atoms with E-state index in [0.717, 1.165) is 12.1 Å². The maximum absolute atomic E-state index is 13.0. The van der Waals surface area contributed by atoms with Crippen molar-refractivity contribution in [2.45, 2.75) is 25.4 Å². The molecule has 1 heterocycles. The van der Waals surface area contributed by atoms with Crippen molar-refractivity contribution in [3.05, 3.63) is 30.1 Å². The summed E-state index contributed by atoms with van der Waals surface area (Å²) in [5.74, 6) is -0.246. The van der Waals surface area contributed by atoms with Crippen molar-refractivity contribution in [1.82, 2.24) is 10.6 Å². The molecular weight excluding hydrogens is 245 g/mol. The van der Waals surface area contributed by atoms with E-state index in [1.807, 2.05) is 7.05 Å². The molecule has 0 aromatic heterocycles. The molecule has 1 aliphatic heterocycles. The fourth-order valence-corrected chi connectivity index (χ4v) is 2.53. The summed E-state index contributed by atoms with van der Waals surface area (Å²) in [4.78, 5) is 14.2. The molecule has 1 aliphatic rings. The van der Waals surface area contributed by atoms with E-state index >= 15 is 0 Å². The summed E-state index contributed by atoms with van der Waals surface area (Å²) in [5.41, 5.74) is 0.881. The molecule has 1 amide bonds. The van der Waals surface area contributed by atoms with E-state index in [0.29, 0.717) is 13.1 Å². The first kappa shape index (κ1) is 13.8. The zero-order valence-corrected chi connectivity index (χ0v) is 11.3. The summed E-state index contributed by atoms with van der Waals surface area (Å²) in [5, 5.41) is 5.98. The maximum atomic E-state index is 13.0. The quantitative estimate of drug-likeness (QED) is 0.861. The van der Waals surface area contributed by atoms with Crippen molar-refractivity contribution in [1.29, 1.82) is 0 Å². The number of carbonyl (C=O) groups is 1. The molecule has 5 heteroatoms. The third kappa shape index (κ3) is 3.04. The Labute approximate surface area is 113 Å². The zero-order valence-electron chi connectivity index (χ0n) is 11.3. The molecule has 2 N–H and O–H groups in total. The lowest BCUT2D eigenvalue weighted by molar-refractivity contribution is -0.121. The van der Waals surface area contributed by atoms with Crippen LogP contribution in [0.3, 0.4) is 0 Å². The Hall–Kier alpha value is -1.62. The lowest BCUT2D eigenvalue weighted by Crippen LogP contribution is -2.52. The zero-order chi connectivity index (χ0) is 13.8. The van der Waals surface area contributed by atoms with Gasteiger partial charge in [0.05, 0.1) is 0 Å². The molecular formula is C14H20FN3O. The number of hydrogen-bond acceptors (Lipinski definition) is 3. The molecule has 1 fully saturated rings. The normalized spacial score (nSPS) is 23.9. The van der Waals surface area contributed by atoms with Crippen molar-refractivity contribution < 1.29 is 9.18 Å². The van der Waals surface area contributed by atoms with Crippen LogP contribution in [-0.2, 0) is 4.79 Å². The average molecular weight is 265 g/mol. The Kier molecular flexibility index (Phi) is 4.37. The van der Waals surface area contributed by atoms with Gasteiger partial charge in [0.15, 0.2) is 0 Å². The van der Waals surface area contributed by atoms with Crippen molar-refractivity contribution in [2.24, 2.45) is 0 Å². The van der Waals surface area contributed by atoms with Gasteiger partial charge in [-0.3, -0.25) is 4.79 Å². The van der Waals surface area contributed by atoms with E-state index in [4.69, 9.17) is 0 Å². The number of anilines is 1. The lowest BCUT2D eigenvalue weighted by Gasteiger charge is -2.35. The molecule has 2 rings (SSSR count). The number of nitrogens with one attached hydrogen (secondary N) is 2. The Morgan fingerprint density at radius 2 is 2.11 bits per heavy atom. The molecule has 4 nitrogen and oxygen atoms in total. The van der Waals surface area contributed by atoms with Gasteiger partial charge in [0.2, 0.25) is 5.91 Å². The van der Waals surface area contributed by atoms with Gasteiger partial charge in [0, 0.05) is 24.8 Å². The van der Waals surface area contributed by atoms with Crippen LogP contribution in [0.4, 0.5) is 10.1 Å². The number of halogens is 1. The molecule has 1 aromatic rings. The molecule has 1 aromatic carbocycles.